The van der Waals surface area contributed by atoms with Gasteiger partial charge in [-0.1, -0.05) is 0 Å². The molecule has 0 bridgehead atoms. The first-order valence-corrected chi connectivity index (χ1v) is 7.02. The maximum atomic E-state index is 12.8. The minimum Gasteiger partial charge on any atom is -0.457 e. The van der Waals surface area contributed by atoms with Gasteiger partial charge in [0, 0.05) is 12.1 Å². The molecular formula is C17H16FNO2. The Kier molecular flexibility index (Phi) is 3.86. The second-order valence-electron chi connectivity index (χ2n) is 5.23. The smallest absolute Gasteiger partial charge is 0.251 e. The second-order valence-corrected chi connectivity index (χ2v) is 5.23. The van der Waals surface area contributed by atoms with Gasteiger partial charge in [-0.05, 0) is 67.3 Å². The SMILES string of the molecule is O=C(NCC1CC1)c1ccc(Oc2ccc(F)cc2)cc1. The highest BCUT2D eigenvalue weighted by atomic mass is 19.1. The molecule has 0 heterocycles. The van der Waals surface area contributed by atoms with Gasteiger partial charge in [0.1, 0.15) is 17.3 Å². The first kappa shape index (κ1) is 13.6. The molecule has 2 aromatic rings. The molecule has 0 unspecified atom stereocenters. The molecule has 1 aliphatic carbocycles. The van der Waals surface area contributed by atoms with Gasteiger partial charge in [-0.3, -0.25) is 4.79 Å². The minimum atomic E-state index is -0.301. The number of nitrogens with one attached hydrogen (secondary N) is 1. The van der Waals surface area contributed by atoms with Gasteiger partial charge in [0.15, 0.2) is 0 Å². The van der Waals surface area contributed by atoms with E-state index in [1.54, 1.807) is 36.4 Å². The van der Waals surface area contributed by atoms with Crippen LogP contribution in [-0.4, -0.2) is 12.5 Å². The van der Waals surface area contributed by atoms with E-state index >= 15 is 0 Å². The van der Waals surface area contributed by atoms with Crippen LogP contribution in [0.5, 0.6) is 11.5 Å². The summed E-state index contributed by atoms with van der Waals surface area (Å²) in [5.74, 6) is 1.47. The summed E-state index contributed by atoms with van der Waals surface area (Å²) in [6.07, 6.45) is 2.43. The molecule has 1 amide bonds. The minimum absolute atomic E-state index is 0.0600. The van der Waals surface area contributed by atoms with Crippen LogP contribution in [0.2, 0.25) is 0 Å². The van der Waals surface area contributed by atoms with Gasteiger partial charge >= 0.3 is 0 Å². The molecule has 1 fully saturated rings. The molecule has 1 saturated carbocycles. The summed E-state index contributed by atoms with van der Waals surface area (Å²) in [6.45, 7) is 0.757. The van der Waals surface area contributed by atoms with E-state index in [2.05, 4.69) is 5.32 Å². The maximum Gasteiger partial charge on any atom is 0.251 e. The number of hydrogen-bond acceptors (Lipinski definition) is 2. The van der Waals surface area contributed by atoms with Gasteiger partial charge in [0.2, 0.25) is 0 Å². The fraction of sp³-hybridized carbons (Fsp3) is 0.235. The molecule has 108 valence electrons. The molecule has 1 aliphatic rings. The molecule has 0 spiro atoms. The monoisotopic (exact) mass is 285 g/mol. The van der Waals surface area contributed by atoms with Crippen molar-refractivity contribution in [1.82, 2.24) is 5.32 Å². The van der Waals surface area contributed by atoms with Crippen LogP contribution < -0.4 is 10.1 Å². The van der Waals surface area contributed by atoms with E-state index in [9.17, 15) is 9.18 Å². The third kappa shape index (κ3) is 3.81. The largest absolute Gasteiger partial charge is 0.457 e. The summed E-state index contributed by atoms with van der Waals surface area (Å²) in [5.41, 5.74) is 0.613. The quantitative estimate of drug-likeness (QED) is 0.908. The molecular weight excluding hydrogens is 269 g/mol. The van der Waals surface area contributed by atoms with Crippen molar-refractivity contribution in [2.75, 3.05) is 6.54 Å². The number of amides is 1. The summed E-state index contributed by atoms with van der Waals surface area (Å²) in [7, 11) is 0. The lowest BCUT2D eigenvalue weighted by molar-refractivity contribution is 0.0952. The van der Waals surface area contributed by atoms with Gasteiger partial charge in [0.25, 0.3) is 5.91 Å². The van der Waals surface area contributed by atoms with Crippen molar-refractivity contribution >= 4 is 5.91 Å². The van der Waals surface area contributed by atoms with Crippen LogP contribution in [0, 0.1) is 11.7 Å². The lowest BCUT2D eigenvalue weighted by Gasteiger charge is -2.07. The van der Waals surface area contributed by atoms with Crippen molar-refractivity contribution < 1.29 is 13.9 Å². The molecule has 3 rings (SSSR count). The Morgan fingerprint density at radius 3 is 2.19 bits per heavy atom. The molecule has 0 aromatic heterocycles. The molecule has 2 aromatic carbocycles. The Hall–Kier alpha value is -2.36. The first-order chi connectivity index (χ1) is 10.2. The zero-order valence-corrected chi connectivity index (χ0v) is 11.5. The topological polar surface area (TPSA) is 38.3 Å². The molecule has 3 nitrogen and oxygen atoms in total. The number of ether oxygens (including phenoxy) is 1. The normalized spacial score (nSPS) is 13.8. The predicted octanol–water partition coefficient (Wildman–Crippen LogP) is 3.76. The molecule has 0 radical (unpaired) electrons. The Morgan fingerprint density at radius 1 is 1.05 bits per heavy atom. The predicted molar refractivity (Wildman–Crippen MR) is 78.0 cm³/mol. The summed E-state index contributed by atoms with van der Waals surface area (Å²) >= 11 is 0. The van der Waals surface area contributed by atoms with Crippen LogP contribution in [0.15, 0.2) is 48.5 Å². The van der Waals surface area contributed by atoms with Crippen LogP contribution in [0.3, 0.4) is 0 Å². The molecule has 21 heavy (non-hydrogen) atoms. The van der Waals surface area contributed by atoms with Crippen molar-refractivity contribution in [2.45, 2.75) is 12.8 Å². The summed E-state index contributed by atoms with van der Waals surface area (Å²) in [5, 5.41) is 2.91. The van der Waals surface area contributed by atoms with Gasteiger partial charge in [0.05, 0.1) is 0 Å². The highest BCUT2D eigenvalue weighted by molar-refractivity contribution is 5.94. The highest BCUT2D eigenvalue weighted by Crippen LogP contribution is 2.27. The maximum absolute atomic E-state index is 12.8. The van der Waals surface area contributed by atoms with E-state index in [1.165, 1.54) is 25.0 Å². The van der Waals surface area contributed by atoms with Gasteiger partial charge in [-0.15, -0.1) is 0 Å². The van der Waals surface area contributed by atoms with Crippen LogP contribution >= 0.6 is 0 Å². The van der Waals surface area contributed by atoms with Gasteiger partial charge < -0.3 is 10.1 Å². The van der Waals surface area contributed by atoms with E-state index in [-0.39, 0.29) is 11.7 Å². The highest BCUT2D eigenvalue weighted by Gasteiger charge is 2.21. The number of hydrogen-bond donors (Lipinski definition) is 1. The van der Waals surface area contributed by atoms with E-state index < -0.39 is 0 Å². The lowest BCUT2D eigenvalue weighted by Crippen LogP contribution is -2.25. The van der Waals surface area contributed by atoms with Gasteiger partial charge in [-0.25, -0.2) is 4.39 Å². The van der Waals surface area contributed by atoms with Crippen LogP contribution in [0.4, 0.5) is 4.39 Å². The Labute approximate surface area is 122 Å². The van der Waals surface area contributed by atoms with Crippen molar-refractivity contribution in [2.24, 2.45) is 5.92 Å². The number of benzene rings is 2. The van der Waals surface area contributed by atoms with E-state index in [1.807, 2.05) is 0 Å². The van der Waals surface area contributed by atoms with Gasteiger partial charge in [-0.2, -0.15) is 0 Å². The standard InChI is InChI=1S/C17H16FNO2/c18-14-5-9-16(10-6-14)21-15-7-3-13(4-8-15)17(20)19-11-12-1-2-12/h3-10,12H,1-2,11H2,(H,19,20). The zero-order valence-electron chi connectivity index (χ0n) is 11.5. The number of halogens is 1. The van der Waals surface area contributed by atoms with E-state index in [0.717, 1.165) is 6.54 Å². The molecule has 0 saturated heterocycles. The first-order valence-electron chi connectivity index (χ1n) is 7.02. The van der Waals surface area contributed by atoms with Crippen molar-refractivity contribution in [3.05, 3.63) is 59.9 Å². The molecule has 0 aliphatic heterocycles. The van der Waals surface area contributed by atoms with Crippen LogP contribution in [0.1, 0.15) is 23.2 Å². The number of carbonyl (C=O) groups is 1. The fourth-order valence-electron chi connectivity index (χ4n) is 1.97. The average molecular weight is 285 g/mol. The lowest BCUT2D eigenvalue weighted by atomic mass is 10.2. The molecule has 1 N–H and O–H groups in total. The van der Waals surface area contributed by atoms with E-state index in [0.29, 0.717) is 23.0 Å². The zero-order chi connectivity index (χ0) is 14.7. The Bertz CT molecular complexity index is 618. The van der Waals surface area contributed by atoms with Crippen molar-refractivity contribution in [1.29, 1.82) is 0 Å². The molecule has 0 atom stereocenters. The summed E-state index contributed by atoms with van der Waals surface area (Å²) < 4.78 is 18.4. The van der Waals surface area contributed by atoms with Crippen LogP contribution in [0.25, 0.3) is 0 Å². The summed E-state index contributed by atoms with van der Waals surface area (Å²) in [4.78, 5) is 11.9. The Morgan fingerprint density at radius 2 is 1.62 bits per heavy atom. The van der Waals surface area contributed by atoms with Crippen molar-refractivity contribution in [3.63, 3.8) is 0 Å². The van der Waals surface area contributed by atoms with Crippen molar-refractivity contribution in [3.8, 4) is 11.5 Å². The number of rotatable bonds is 5. The second kappa shape index (κ2) is 5.95. The third-order valence-corrected chi connectivity index (χ3v) is 3.41. The number of carbonyl (C=O) groups excluding carboxylic acids is 1. The average Bonchev–Trinajstić information content (AvgIpc) is 3.32. The summed E-state index contributed by atoms with van der Waals surface area (Å²) in [6, 6.07) is 12.7. The van der Waals surface area contributed by atoms with E-state index in [4.69, 9.17) is 4.74 Å². The van der Waals surface area contributed by atoms with Crippen LogP contribution in [-0.2, 0) is 0 Å². The molecule has 4 heteroatoms. The Balaban J connectivity index is 1.60. The fourth-order valence-corrected chi connectivity index (χ4v) is 1.97. The third-order valence-electron chi connectivity index (χ3n) is 3.41.